The number of aromatic amines is 2. The Bertz CT molecular complexity index is 1600. The number of H-pyrrole nitrogens is 2. The van der Waals surface area contributed by atoms with Crippen LogP contribution in [-0.2, 0) is 0 Å². The normalized spacial score (nSPS) is 11.4. The maximum absolute atomic E-state index is 13.2. The molecule has 8 heteroatoms. The Morgan fingerprint density at radius 2 is 1.70 bits per heavy atom. The first-order valence-electron chi connectivity index (χ1n) is 10.1. The van der Waals surface area contributed by atoms with E-state index in [4.69, 9.17) is 0 Å². The highest BCUT2D eigenvalue weighted by molar-refractivity contribution is 6.15. The summed E-state index contributed by atoms with van der Waals surface area (Å²) in [6.45, 7) is 0. The van der Waals surface area contributed by atoms with E-state index in [2.05, 4.69) is 15.0 Å². The molecule has 0 aliphatic carbocycles. The molecule has 2 N–H and O–H groups in total. The Balaban J connectivity index is 1.69. The van der Waals surface area contributed by atoms with Crippen molar-refractivity contribution in [1.82, 2.24) is 15.0 Å². The lowest BCUT2D eigenvalue weighted by Gasteiger charge is -2.11. The fourth-order valence-electron chi connectivity index (χ4n) is 3.82. The number of aromatic nitrogens is 3. The molecular formula is C25H16N4O4. The number of hydrogen-bond donors (Lipinski definition) is 2. The number of nitrogens with one attached hydrogen (secondary N) is 2. The van der Waals surface area contributed by atoms with Gasteiger partial charge in [-0.05, 0) is 35.9 Å². The number of pyridine rings is 1. The van der Waals surface area contributed by atoms with E-state index in [9.17, 15) is 19.7 Å². The van der Waals surface area contributed by atoms with Crippen LogP contribution < -0.4 is 5.56 Å². The molecule has 0 bridgehead atoms. The number of rotatable bonds is 5. The van der Waals surface area contributed by atoms with Crippen molar-refractivity contribution in [2.45, 2.75) is 0 Å². The number of ketones is 1. The van der Waals surface area contributed by atoms with E-state index in [0.717, 1.165) is 11.0 Å². The number of carbonyl (C=O) groups excluding carboxylic acids is 1. The van der Waals surface area contributed by atoms with Gasteiger partial charge in [0.15, 0.2) is 5.78 Å². The first-order valence-corrected chi connectivity index (χ1v) is 10.1. The average Bonchev–Trinajstić information content (AvgIpc) is 3.25. The minimum atomic E-state index is -0.575. The van der Waals surface area contributed by atoms with Crippen molar-refractivity contribution < 1.29 is 9.72 Å². The molecule has 3 aromatic carbocycles. The molecule has 0 atom stereocenters. The van der Waals surface area contributed by atoms with Gasteiger partial charge in [-0.3, -0.25) is 19.7 Å². The summed E-state index contributed by atoms with van der Waals surface area (Å²) in [6, 6.07) is 20.5. The lowest BCUT2D eigenvalue weighted by molar-refractivity contribution is -0.384. The first-order chi connectivity index (χ1) is 16.0. The topological polar surface area (TPSA) is 122 Å². The third-order valence-electron chi connectivity index (χ3n) is 5.32. The van der Waals surface area contributed by atoms with Gasteiger partial charge in [-0.25, -0.2) is 4.98 Å². The molecule has 0 spiro atoms. The van der Waals surface area contributed by atoms with Gasteiger partial charge in [0, 0.05) is 28.6 Å². The second-order valence-electron chi connectivity index (χ2n) is 7.39. The Hall–Kier alpha value is -4.85. The lowest BCUT2D eigenvalue weighted by atomic mass is 9.93. The zero-order chi connectivity index (χ0) is 22.9. The van der Waals surface area contributed by atoms with Crippen LogP contribution in [0.25, 0.3) is 39.1 Å². The highest BCUT2D eigenvalue weighted by Crippen LogP contribution is 2.32. The minimum Gasteiger partial charge on any atom is -0.338 e. The van der Waals surface area contributed by atoms with E-state index in [1.807, 2.05) is 30.3 Å². The summed E-state index contributed by atoms with van der Waals surface area (Å²) in [5.41, 5.74) is 2.13. The van der Waals surface area contributed by atoms with Gasteiger partial charge in [0.1, 0.15) is 5.82 Å². The molecule has 160 valence electrons. The van der Waals surface area contributed by atoms with E-state index in [1.165, 1.54) is 30.4 Å². The van der Waals surface area contributed by atoms with Crippen molar-refractivity contribution in [3.8, 4) is 11.1 Å². The summed E-state index contributed by atoms with van der Waals surface area (Å²) >= 11 is 0. The SMILES string of the molecule is O=C(/C=C/c1nc2ccccc2[nH]1)c1c(-c2ccccc2)c2cc([N+](=O)[O-])ccc2[nH]c1=O. The van der Waals surface area contributed by atoms with Crippen LogP contribution >= 0.6 is 0 Å². The molecule has 2 heterocycles. The van der Waals surface area contributed by atoms with Gasteiger partial charge in [-0.1, -0.05) is 42.5 Å². The van der Waals surface area contributed by atoms with Gasteiger partial charge in [-0.15, -0.1) is 0 Å². The third-order valence-corrected chi connectivity index (χ3v) is 5.32. The molecule has 33 heavy (non-hydrogen) atoms. The predicted molar refractivity (Wildman–Crippen MR) is 126 cm³/mol. The van der Waals surface area contributed by atoms with Crippen molar-refractivity contribution in [3.05, 3.63) is 111 Å². The second-order valence-corrected chi connectivity index (χ2v) is 7.39. The van der Waals surface area contributed by atoms with Crippen molar-refractivity contribution in [3.63, 3.8) is 0 Å². The van der Waals surface area contributed by atoms with Crippen LogP contribution in [0.1, 0.15) is 16.2 Å². The lowest BCUT2D eigenvalue weighted by Crippen LogP contribution is -2.18. The quantitative estimate of drug-likeness (QED) is 0.176. The molecule has 0 radical (unpaired) electrons. The summed E-state index contributed by atoms with van der Waals surface area (Å²) in [5.74, 6) is -0.0670. The highest BCUT2D eigenvalue weighted by atomic mass is 16.6. The maximum atomic E-state index is 13.2. The molecule has 5 aromatic rings. The second kappa shape index (κ2) is 8.01. The Morgan fingerprint density at radius 3 is 2.45 bits per heavy atom. The maximum Gasteiger partial charge on any atom is 0.270 e. The fraction of sp³-hybridized carbons (Fsp3) is 0. The van der Waals surface area contributed by atoms with Gasteiger partial charge in [0.25, 0.3) is 11.2 Å². The summed E-state index contributed by atoms with van der Waals surface area (Å²) in [5, 5.41) is 11.8. The molecular weight excluding hydrogens is 420 g/mol. The smallest absolute Gasteiger partial charge is 0.270 e. The molecule has 0 aliphatic heterocycles. The summed E-state index contributed by atoms with van der Waals surface area (Å²) in [6.07, 6.45) is 2.78. The molecule has 8 nitrogen and oxygen atoms in total. The van der Waals surface area contributed by atoms with Crippen molar-refractivity contribution in [2.75, 3.05) is 0 Å². The average molecular weight is 436 g/mol. The summed E-state index contributed by atoms with van der Waals surface area (Å²) in [7, 11) is 0. The van der Waals surface area contributed by atoms with Crippen LogP contribution in [0.4, 0.5) is 5.69 Å². The van der Waals surface area contributed by atoms with Gasteiger partial charge < -0.3 is 9.97 Å². The van der Waals surface area contributed by atoms with E-state index in [-0.39, 0.29) is 11.3 Å². The van der Waals surface area contributed by atoms with E-state index in [1.54, 1.807) is 24.3 Å². The highest BCUT2D eigenvalue weighted by Gasteiger charge is 2.21. The zero-order valence-corrected chi connectivity index (χ0v) is 17.1. The Labute approximate surface area is 186 Å². The van der Waals surface area contributed by atoms with Gasteiger partial charge in [0.2, 0.25) is 0 Å². The first kappa shape index (κ1) is 20.1. The number of carbonyl (C=O) groups is 1. The monoisotopic (exact) mass is 436 g/mol. The van der Waals surface area contributed by atoms with Gasteiger partial charge in [0.05, 0.1) is 21.5 Å². The minimum absolute atomic E-state index is 0.0958. The number of para-hydroxylation sites is 2. The van der Waals surface area contributed by atoms with Crippen molar-refractivity contribution in [2.24, 2.45) is 0 Å². The molecule has 0 unspecified atom stereocenters. The number of hydrogen-bond acceptors (Lipinski definition) is 5. The number of nitro groups is 1. The number of allylic oxidation sites excluding steroid dienone is 1. The molecule has 0 fully saturated rings. The van der Waals surface area contributed by atoms with E-state index in [0.29, 0.717) is 27.9 Å². The third kappa shape index (κ3) is 3.70. The largest absolute Gasteiger partial charge is 0.338 e. The van der Waals surface area contributed by atoms with Gasteiger partial charge >= 0.3 is 0 Å². The number of non-ortho nitro benzene ring substituents is 1. The van der Waals surface area contributed by atoms with Crippen LogP contribution in [0.15, 0.2) is 83.7 Å². The molecule has 0 saturated heterocycles. The van der Waals surface area contributed by atoms with Crippen LogP contribution in [0.5, 0.6) is 0 Å². The zero-order valence-electron chi connectivity index (χ0n) is 17.1. The van der Waals surface area contributed by atoms with E-state index >= 15 is 0 Å². The Kier molecular flexibility index (Phi) is 4.87. The Morgan fingerprint density at radius 1 is 0.939 bits per heavy atom. The number of imidazole rings is 1. The molecule has 0 amide bonds. The molecule has 2 aromatic heterocycles. The number of benzene rings is 3. The van der Waals surface area contributed by atoms with Crippen LogP contribution in [0.3, 0.4) is 0 Å². The van der Waals surface area contributed by atoms with Gasteiger partial charge in [-0.2, -0.15) is 0 Å². The predicted octanol–water partition coefficient (Wildman–Crippen LogP) is 4.88. The summed E-state index contributed by atoms with van der Waals surface area (Å²) in [4.78, 5) is 47.2. The standard InChI is InChI=1S/C25H16N4O4/c30-21(12-13-22-26-19-8-4-5-9-20(19)27-22)24-23(15-6-2-1-3-7-15)17-14-16(29(32)33)10-11-18(17)28-25(24)31/h1-14H,(H,26,27)(H,28,31)/b13-12+. The summed E-state index contributed by atoms with van der Waals surface area (Å²) < 4.78 is 0. The van der Waals surface area contributed by atoms with Crippen LogP contribution in [0.2, 0.25) is 0 Å². The molecule has 5 rings (SSSR count). The van der Waals surface area contributed by atoms with Crippen LogP contribution in [0, 0.1) is 10.1 Å². The van der Waals surface area contributed by atoms with Crippen molar-refractivity contribution in [1.29, 1.82) is 0 Å². The molecule has 0 aliphatic rings. The van der Waals surface area contributed by atoms with Crippen LogP contribution in [-0.4, -0.2) is 25.7 Å². The number of nitro benzene ring substituents is 1. The van der Waals surface area contributed by atoms with Crippen molar-refractivity contribution >= 4 is 39.5 Å². The van der Waals surface area contributed by atoms with E-state index < -0.39 is 16.3 Å². The number of nitrogens with zero attached hydrogens (tertiary/aromatic N) is 2. The fourth-order valence-corrected chi connectivity index (χ4v) is 3.82. The molecule has 0 saturated carbocycles. The number of fused-ring (bicyclic) bond motifs is 2.